The fourth-order valence-electron chi connectivity index (χ4n) is 5.67. The molecule has 2 heterocycles. The molecule has 0 unspecified atom stereocenters. The number of nitrogens with zero attached hydrogens (tertiary/aromatic N) is 1. The Balaban J connectivity index is 1.48. The van der Waals surface area contributed by atoms with E-state index in [4.69, 9.17) is 0 Å². The molecule has 10 heteroatoms. The predicted molar refractivity (Wildman–Crippen MR) is 131 cm³/mol. The number of carbonyl (C=O) groups excluding carboxylic acids is 2. The van der Waals surface area contributed by atoms with Crippen molar-refractivity contribution in [3.8, 4) is 5.75 Å². The maximum atomic E-state index is 13.8. The second kappa shape index (κ2) is 8.83. The molecule has 192 valence electrons. The van der Waals surface area contributed by atoms with Crippen molar-refractivity contribution in [2.45, 2.75) is 63.0 Å². The largest absolute Gasteiger partial charge is 0.435 e. The van der Waals surface area contributed by atoms with Crippen molar-refractivity contribution < 1.29 is 31.5 Å². The van der Waals surface area contributed by atoms with Crippen LogP contribution in [0.15, 0.2) is 42.5 Å². The zero-order chi connectivity index (χ0) is 25.7. The van der Waals surface area contributed by atoms with Gasteiger partial charge in [0.15, 0.2) is 0 Å². The van der Waals surface area contributed by atoms with Crippen LogP contribution in [0.3, 0.4) is 0 Å². The molecule has 1 aliphatic carbocycles. The van der Waals surface area contributed by atoms with Crippen molar-refractivity contribution in [1.82, 2.24) is 5.32 Å². The zero-order valence-corrected chi connectivity index (χ0v) is 20.7. The van der Waals surface area contributed by atoms with Crippen LogP contribution < -0.4 is 15.0 Å². The van der Waals surface area contributed by atoms with E-state index in [0.29, 0.717) is 42.6 Å². The molecule has 36 heavy (non-hydrogen) atoms. The van der Waals surface area contributed by atoms with Gasteiger partial charge in [0.1, 0.15) is 15.6 Å². The maximum absolute atomic E-state index is 13.8. The number of alkyl halides is 2. The molecule has 2 aliphatic heterocycles. The van der Waals surface area contributed by atoms with Gasteiger partial charge in [-0.25, -0.2) is 8.42 Å². The van der Waals surface area contributed by atoms with E-state index in [-0.39, 0.29) is 29.1 Å². The molecule has 3 aliphatic rings. The Morgan fingerprint density at radius 2 is 1.75 bits per heavy atom. The lowest BCUT2D eigenvalue weighted by Crippen LogP contribution is -2.50. The topological polar surface area (TPSA) is 92.8 Å². The molecule has 7 nitrogen and oxygen atoms in total. The summed E-state index contributed by atoms with van der Waals surface area (Å²) in [6.45, 7) is -1.12. The highest BCUT2D eigenvalue weighted by Gasteiger charge is 2.53. The van der Waals surface area contributed by atoms with Crippen molar-refractivity contribution in [2.24, 2.45) is 0 Å². The first-order valence-corrected chi connectivity index (χ1v) is 13.9. The minimum Gasteiger partial charge on any atom is -0.435 e. The number of nitrogens with one attached hydrogen (secondary N) is 1. The second-order valence-electron chi connectivity index (χ2n) is 10.2. The van der Waals surface area contributed by atoms with E-state index in [0.717, 1.165) is 18.4 Å². The van der Waals surface area contributed by atoms with Gasteiger partial charge >= 0.3 is 6.61 Å². The summed E-state index contributed by atoms with van der Waals surface area (Å²) >= 11 is 0. The standard InChI is InChI=1S/C26H28F2N2O5S/c1-25(11-13-36(33,34)14-12-25)29-22(31)17-7-8-21-20(15-17)26(9-2-3-10-26)23(32)30(21)18-5-4-6-19(16-18)35-24(27)28/h4-8,15-16,24H,2-3,9-14H2,1H3,(H,29,31). The molecule has 0 atom stereocenters. The summed E-state index contributed by atoms with van der Waals surface area (Å²) in [4.78, 5) is 28.6. The summed E-state index contributed by atoms with van der Waals surface area (Å²) in [6.07, 6.45) is 3.72. The van der Waals surface area contributed by atoms with Crippen LogP contribution in [0.25, 0.3) is 0 Å². The summed E-state index contributed by atoms with van der Waals surface area (Å²) in [7, 11) is -3.07. The molecule has 1 saturated carbocycles. The van der Waals surface area contributed by atoms with Crippen molar-refractivity contribution in [1.29, 1.82) is 0 Å². The van der Waals surface area contributed by atoms with Crippen LogP contribution in [0, 0.1) is 0 Å². The summed E-state index contributed by atoms with van der Waals surface area (Å²) in [6, 6.07) is 11.2. The summed E-state index contributed by atoms with van der Waals surface area (Å²) < 4.78 is 53.7. The second-order valence-corrected chi connectivity index (χ2v) is 12.5. The third-order valence-corrected chi connectivity index (χ3v) is 9.38. The fourth-order valence-corrected chi connectivity index (χ4v) is 7.40. The SMILES string of the molecule is CC1(NC(=O)c2ccc3c(c2)C2(CCCC2)C(=O)N3c2cccc(OC(F)F)c2)CCS(=O)(=O)CC1. The highest BCUT2D eigenvalue weighted by Crippen LogP contribution is 2.54. The van der Waals surface area contributed by atoms with E-state index in [1.165, 1.54) is 17.0 Å². The average molecular weight is 519 g/mol. The van der Waals surface area contributed by atoms with Crippen LogP contribution in [0.1, 0.15) is 61.4 Å². The van der Waals surface area contributed by atoms with Crippen LogP contribution in [0.4, 0.5) is 20.2 Å². The molecule has 2 fully saturated rings. The number of hydrogen-bond donors (Lipinski definition) is 1. The van der Waals surface area contributed by atoms with E-state index in [9.17, 15) is 26.8 Å². The first kappa shape index (κ1) is 24.7. The quantitative estimate of drug-likeness (QED) is 0.630. The number of sulfone groups is 1. The minimum atomic E-state index is -3.07. The predicted octanol–water partition coefficient (Wildman–Crippen LogP) is 4.48. The fraction of sp³-hybridized carbons (Fsp3) is 0.462. The van der Waals surface area contributed by atoms with Gasteiger partial charge in [0.05, 0.1) is 28.3 Å². The Hall–Kier alpha value is -3.01. The summed E-state index contributed by atoms with van der Waals surface area (Å²) in [5, 5.41) is 3.01. The van der Waals surface area contributed by atoms with Gasteiger partial charge in [-0.3, -0.25) is 14.5 Å². The van der Waals surface area contributed by atoms with Crippen LogP contribution in [0.2, 0.25) is 0 Å². The van der Waals surface area contributed by atoms with Gasteiger partial charge in [-0.1, -0.05) is 18.9 Å². The van der Waals surface area contributed by atoms with Crippen LogP contribution >= 0.6 is 0 Å². The monoisotopic (exact) mass is 518 g/mol. The van der Waals surface area contributed by atoms with E-state index in [1.807, 2.05) is 6.92 Å². The van der Waals surface area contributed by atoms with E-state index in [2.05, 4.69) is 10.1 Å². The maximum Gasteiger partial charge on any atom is 0.387 e. The Labute approximate surface area is 208 Å². The van der Waals surface area contributed by atoms with E-state index in [1.54, 1.807) is 30.3 Å². The first-order valence-electron chi connectivity index (χ1n) is 12.1. The molecular weight excluding hydrogens is 490 g/mol. The first-order chi connectivity index (χ1) is 17.0. The molecule has 2 aromatic rings. The highest BCUT2D eigenvalue weighted by molar-refractivity contribution is 7.91. The molecule has 5 rings (SSSR count). The average Bonchev–Trinajstić information content (AvgIpc) is 3.41. The molecule has 1 spiro atoms. The lowest BCUT2D eigenvalue weighted by molar-refractivity contribution is -0.122. The Morgan fingerprint density at radius 3 is 2.42 bits per heavy atom. The number of hydrogen-bond acceptors (Lipinski definition) is 5. The van der Waals surface area contributed by atoms with Crippen molar-refractivity contribution in [2.75, 3.05) is 16.4 Å². The minimum absolute atomic E-state index is 0.0366. The summed E-state index contributed by atoms with van der Waals surface area (Å²) in [5.74, 6) is -0.413. The van der Waals surface area contributed by atoms with Gasteiger partial charge in [-0.15, -0.1) is 0 Å². The van der Waals surface area contributed by atoms with Crippen LogP contribution in [0.5, 0.6) is 5.75 Å². The Morgan fingerprint density at radius 1 is 1.06 bits per heavy atom. The van der Waals surface area contributed by atoms with Gasteiger partial charge in [0.25, 0.3) is 5.91 Å². The number of halogens is 2. The van der Waals surface area contributed by atoms with Crippen LogP contribution in [-0.4, -0.2) is 43.9 Å². The molecule has 0 radical (unpaired) electrons. The van der Waals surface area contributed by atoms with Gasteiger partial charge in [-0.2, -0.15) is 8.78 Å². The number of rotatable bonds is 5. The molecular formula is C26H28F2N2O5S. The lowest BCUT2D eigenvalue weighted by atomic mass is 9.79. The smallest absolute Gasteiger partial charge is 0.387 e. The highest BCUT2D eigenvalue weighted by atomic mass is 32.2. The zero-order valence-electron chi connectivity index (χ0n) is 19.9. The Kier molecular flexibility index (Phi) is 6.05. The molecule has 1 saturated heterocycles. The van der Waals surface area contributed by atoms with E-state index >= 15 is 0 Å². The number of anilines is 2. The van der Waals surface area contributed by atoms with Gasteiger partial charge < -0.3 is 10.1 Å². The molecule has 2 aromatic carbocycles. The molecule has 1 N–H and O–H groups in total. The normalized spacial score (nSPS) is 21.6. The van der Waals surface area contributed by atoms with Crippen LogP contribution in [-0.2, 0) is 20.0 Å². The number of ether oxygens (including phenoxy) is 1. The number of carbonyl (C=O) groups is 2. The van der Waals surface area contributed by atoms with Crippen molar-refractivity contribution in [3.63, 3.8) is 0 Å². The lowest BCUT2D eigenvalue weighted by Gasteiger charge is -2.34. The number of amides is 2. The number of fused-ring (bicyclic) bond motifs is 2. The van der Waals surface area contributed by atoms with Gasteiger partial charge in [0, 0.05) is 17.2 Å². The molecule has 2 amide bonds. The van der Waals surface area contributed by atoms with Gasteiger partial charge in [0.2, 0.25) is 5.91 Å². The Bertz CT molecular complexity index is 1310. The van der Waals surface area contributed by atoms with Gasteiger partial charge in [-0.05, 0) is 68.5 Å². The van der Waals surface area contributed by atoms with Crippen molar-refractivity contribution in [3.05, 3.63) is 53.6 Å². The van der Waals surface area contributed by atoms with Crippen molar-refractivity contribution >= 4 is 33.0 Å². The summed E-state index contributed by atoms with van der Waals surface area (Å²) in [5.41, 5.74) is 0.820. The number of benzene rings is 2. The third-order valence-electron chi connectivity index (χ3n) is 7.73. The molecule has 0 aromatic heterocycles. The third kappa shape index (κ3) is 4.36. The molecule has 0 bridgehead atoms. The van der Waals surface area contributed by atoms with E-state index < -0.39 is 27.4 Å².